The molecule has 0 saturated carbocycles. The van der Waals surface area contributed by atoms with Crippen molar-refractivity contribution in [1.29, 1.82) is 0 Å². The van der Waals surface area contributed by atoms with Crippen LogP contribution in [0.1, 0.15) is 36.5 Å². The second kappa shape index (κ2) is 6.66. The van der Waals surface area contributed by atoms with Crippen molar-refractivity contribution in [2.45, 2.75) is 31.7 Å². The van der Waals surface area contributed by atoms with Crippen LogP contribution in [-0.4, -0.2) is 58.5 Å². The molecule has 0 spiro atoms. The molecule has 25 heavy (non-hydrogen) atoms. The Balaban J connectivity index is 1.66. The summed E-state index contributed by atoms with van der Waals surface area (Å²) >= 11 is 0. The maximum Gasteiger partial charge on any atom is 0.322 e. The van der Waals surface area contributed by atoms with Crippen LogP contribution in [-0.2, 0) is 4.79 Å². The second-order valence-corrected chi connectivity index (χ2v) is 6.26. The van der Waals surface area contributed by atoms with Crippen LogP contribution in [0.2, 0.25) is 0 Å². The van der Waals surface area contributed by atoms with Gasteiger partial charge in [0.15, 0.2) is 0 Å². The van der Waals surface area contributed by atoms with E-state index < -0.39 is 11.6 Å². The number of piperidine rings is 1. The van der Waals surface area contributed by atoms with Crippen LogP contribution in [0.15, 0.2) is 12.4 Å². The number of aromatic nitrogens is 2. The summed E-state index contributed by atoms with van der Waals surface area (Å²) in [6.45, 7) is 2.91. The van der Waals surface area contributed by atoms with Gasteiger partial charge in [-0.05, 0) is 25.2 Å². The van der Waals surface area contributed by atoms with Crippen LogP contribution in [0.4, 0.5) is 4.79 Å². The molecule has 3 heterocycles. The van der Waals surface area contributed by atoms with Crippen molar-refractivity contribution < 1.29 is 19.1 Å². The molecule has 0 aromatic carbocycles. The van der Waals surface area contributed by atoms with Gasteiger partial charge >= 0.3 is 12.0 Å². The molecule has 2 N–H and O–H groups in total. The van der Waals surface area contributed by atoms with Crippen molar-refractivity contribution in [3.63, 3.8) is 0 Å². The number of urea groups is 1. The van der Waals surface area contributed by atoms with E-state index in [1.807, 2.05) is 6.92 Å². The first-order chi connectivity index (χ1) is 12.0. The Bertz CT molecular complexity index is 684. The summed E-state index contributed by atoms with van der Waals surface area (Å²) < 4.78 is 4.89. The molecule has 1 atom stereocenters. The number of hydrogen-bond donors (Lipinski definition) is 2. The molecule has 1 aromatic rings. The van der Waals surface area contributed by atoms with Crippen LogP contribution >= 0.6 is 0 Å². The third-order valence-corrected chi connectivity index (χ3v) is 5.06. The molecule has 2 saturated heterocycles. The molecule has 9 heteroatoms. The van der Waals surface area contributed by atoms with Gasteiger partial charge in [-0.15, -0.1) is 0 Å². The summed E-state index contributed by atoms with van der Waals surface area (Å²) in [5.74, 6) is -0.417. The molecule has 4 amide bonds. The summed E-state index contributed by atoms with van der Waals surface area (Å²) in [5.41, 5.74) is -0.466. The van der Waals surface area contributed by atoms with Gasteiger partial charge in [-0.3, -0.25) is 14.9 Å². The van der Waals surface area contributed by atoms with E-state index in [2.05, 4.69) is 20.6 Å². The molecule has 2 fully saturated rings. The highest BCUT2D eigenvalue weighted by Crippen LogP contribution is 2.33. The number of methoxy groups -OCH3 is 1. The zero-order valence-corrected chi connectivity index (χ0v) is 14.2. The Morgan fingerprint density at radius 1 is 1.32 bits per heavy atom. The molecule has 1 unspecified atom stereocenters. The van der Waals surface area contributed by atoms with Gasteiger partial charge in [0.1, 0.15) is 5.54 Å². The molecule has 1 aromatic heterocycles. The van der Waals surface area contributed by atoms with Crippen LogP contribution in [0, 0.1) is 5.92 Å². The summed E-state index contributed by atoms with van der Waals surface area (Å²) in [7, 11) is 1.46. The van der Waals surface area contributed by atoms with E-state index in [-0.39, 0.29) is 23.7 Å². The van der Waals surface area contributed by atoms with E-state index in [9.17, 15) is 14.4 Å². The average molecular weight is 347 g/mol. The lowest BCUT2D eigenvalue weighted by molar-refractivity contribution is -0.126. The third-order valence-electron chi connectivity index (χ3n) is 5.06. The monoisotopic (exact) mass is 347 g/mol. The SMILES string of the molecule is CCC1(C2CCN(C(=O)c3cnc(OC)nc3)CC2)NC(=O)NC1=O. The lowest BCUT2D eigenvalue weighted by atomic mass is 9.76. The molecule has 0 radical (unpaired) electrons. The number of imide groups is 1. The molecule has 2 aliphatic rings. The molecule has 9 nitrogen and oxygen atoms in total. The van der Waals surface area contributed by atoms with Gasteiger partial charge in [-0.25, -0.2) is 14.8 Å². The van der Waals surface area contributed by atoms with E-state index in [4.69, 9.17) is 4.74 Å². The lowest BCUT2D eigenvalue weighted by Crippen LogP contribution is -2.56. The number of nitrogens with zero attached hydrogens (tertiary/aromatic N) is 3. The van der Waals surface area contributed by atoms with Crippen molar-refractivity contribution in [2.75, 3.05) is 20.2 Å². The minimum absolute atomic E-state index is 0.000109. The number of likely N-dealkylation sites (tertiary alicyclic amines) is 1. The first-order valence-corrected chi connectivity index (χ1v) is 8.29. The molecule has 2 aliphatic heterocycles. The maximum absolute atomic E-state index is 12.5. The number of ether oxygens (including phenoxy) is 1. The number of nitrogens with one attached hydrogen (secondary N) is 2. The minimum atomic E-state index is -0.866. The van der Waals surface area contributed by atoms with Gasteiger partial charge < -0.3 is 15.0 Å². The highest BCUT2D eigenvalue weighted by atomic mass is 16.5. The topological polar surface area (TPSA) is 114 Å². The first-order valence-electron chi connectivity index (χ1n) is 8.29. The zero-order valence-electron chi connectivity index (χ0n) is 14.2. The standard InChI is InChI=1S/C16H21N5O4/c1-3-16(13(23)19-14(24)20-16)11-4-6-21(7-5-11)12(22)10-8-17-15(25-2)18-9-10/h8-9,11H,3-7H2,1-2H3,(H2,19,20,23,24). The van der Waals surface area contributed by atoms with Gasteiger partial charge in [-0.2, -0.15) is 0 Å². The maximum atomic E-state index is 12.5. The first kappa shape index (κ1) is 17.1. The van der Waals surface area contributed by atoms with Gasteiger partial charge in [0, 0.05) is 25.5 Å². The fraction of sp³-hybridized carbons (Fsp3) is 0.562. The smallest absolute Gasteiger partial charge is 0.322 e. The van der Waals surface area contributed by atoms with Crippen molar-refractivity contribution in [1.82, 2.24) is 25.5 Å². The van der Waals surface area contributed by atoms with E-state index in [0.717, 1.165) is 0 Å². The van der Waals surface area contributed by atoms with Gasteiger partial charge in [0.2, 0.25) is 0 Å². The van der Waals surface area contributed by atoms with E-state index in [1.165, 1.54) is 19.5 Å². The van der Waals surface area contributed by atoms with Crippen LogP contribution in [0.25, 0.3) is 0 Å². The summed E-state index contributed by atoms with van der Waals surface area (Å²) in [5, 5.41) is 5.12. The summed E-state index contributed by atoms with van der Waals surface area (Å²) in [6, 6.07) is -0.233. The molecular weight excluding hydrogens is 326 g/mol. The number of amides is 4. The molecule has 134 valence electrons. The van der Waals surface area contributed by atoms with Crippen LogP contribution in [0.5, 0.6) is 6.01 Å². The second-order valence-electron chi connectivity index (χ2n) is 6.26. The van der Waals surface area contributed by atoms with E-state index in [1.54, 1.807) is 4.90 Å². The Morgan fingerprint density at radius 3 is 2.44 bits per heavy atom. The highest BCUT2D eigenvalue weighted by molar-refractivity contribution is 6.07. The predicted octanol–water partition coefficient (Wildman–Crippen LogP) is 0.326. The highest BCUT2D eigenvalue weighted by Gasteiger charge is 2.51. The Hall–Kier alpha value is -2.71. The fourth-order valence-electron chi connectivity index (χ4n) is 3.62. The molecule has 0 aliphatic carbocycles. The molecule has 0 bridgehead atoms. The summed E-state index contributed by atoms with van der Waals surface area (Å²) in [4.78, 5) is 46.0. The lowest BCUT2D eigenvalue weighted by Gasteiger charge is -2.40. The number of carbonyl (C=O) groups is 3. The predicted molar refractivity (Wildman–Crippen MR) is 86.9 cm³/mol. The molecule has 3 rings (SSSR count). The van der Waals surface area contributed by atoms with Gasteiger partial charge in [0.05, 0.1) is 12.7 Å². The van der Waals surface area contributed by atoms with Crippen molar-refractivity contribution in [3.8, 4) is 6.01 Å². The van der Waals surface area contributed by atoms with Crippen molar-refractivity contribution in [3.05, 3.63) is 18.0 Å². The van der Waals surface area contributed by atoms with Crippen molar-refractivity contribution in [2.24, 2.45) is 5.92 Å². The average Bonchev–Trinajstić information content (AvgIpc) is 2.95. The Morgan fingerprint density at radius 2 is 1.96 bits per heavy atom. The Kier molecular flexibility index (Phi) is 4.56. The molecular formula is C16H21N5O4. The van der Waals surface area contributed by atoms with Crippen molar-refractivity contribution >= 4 is 17.8 Å². The zero-order chi connectivity index (χ0) is 18.0. The number of rotatable bonds is 4. The van der Waals surface area contributed by atoms with E-state index in [0.29, 0.717) is 37.9 Å². The van der Waals surface area contributed by atoms with E-state index >= 15 is 0 Å². The quantitative estimate of drug-likeness (QED) is 0.759. The van der Waals surface area contributed by atoms with Crippen LogP contribution < -0.4 is 15.4 Å². The number of hydrogen-bond acceptors (Lipinski definition) is 6. The minimum Gasteiger partial charge on any atom is -0.467 e. The summed E-state index contributed by atoms with van der Waals surface area (Å²) in [6.07, 6.45) is 4.70. The third kappa shape index (κ3) is 3.01. The largest absolute Gasteiger partial charge is 0.467 e. The van der Waals surface area contributed by atoms with Crippen LogP contribution in [0.3, 0.4) is 0 Å². The fourth-order valence-corrected chi connectivity index (χ4v) is 3.62. The van der Waals surface area contributed by atoms with Gasteiger partial charge in [-0.1, -0.05) is 6.92 Å². The Labute approximate surface area is 145 Å². The van der Waals surface area contributed by atoms with Gasteiger partial charge in [0.25, 0.3) is 11.8 Å². The normalized spacial score (nSPS) is 24.0. The number of carbonyl (C=O) groups excluding carboxylic acids is 3.